The fourth-order valence-electron chi connectivity index (χ4n) is 1.77. The summed E-state index contributed by atoms with van der Waals surface area (Å²) in [6.07, 6.45) is 0.750. The van der Waals surface area contributed by atoms with E-state index in [2.05, 4.69) is 43.2 Å². The minimum atomic E-state index is 0.0891. The Morgan fingerprint density at radius 1 is 1.41 bits per heavy atom. The summed E-state index contributed by atoms with van der Waals surface area (Å²) in [6, 6.07) is 4.41. The number of benzene rings is 1. The first-order valence-electron chi connectivity index (χ1n) is 6.51. The van der Waals surface area contributed by atoms with Crippen LogP contribution in [0.15, 0.2) is 17.0 Å². The van der Waals surface area contributed by atoms with Gasteiger partial charge < -0.3 is 10.1 Å². The summed E-state index contributed by atoms with van der Waals surface area (Å²) >= 11 is 4.96. The monoisotopic (exact) mass is 470 g/mol. The van der Waals surface area contributed by atoms with Gasteiger partial charge in [0.25, 0.3) is 0 Å². The number of aromatic nitrogens is 1. The number of aldehydes is 1. The summed E-state index contributed by atoms with van der Waals surface area (Å²) in [5.41, 5.74) is 2.45. The Morgan fingerprint density at radius 2 is 2.05 bits per heavy atom. The standard InChI is InChI=1S/C12H15IN2OS3.C2H4O/c1-12(2,3)7-5-8-10(17-11(14-4)15-8)6-9(7)18-19-16-13;1-2-3/h5-6H,1-4H3,(H,14,15);2H,1H3. The van der Waals surface area contributed by atoms with Crippen LogP contribution in [0.25, 0.3) is 10.2 Å². The van der Waals surface area contributed by atoms with Crippen LogP contribution in [0.1, 0.15) is 33.3 Å². The van der Waals surface area contributed by atoms with Gasteiger partial charge in [0.15, 0.2) is 5.13 Å². The highest BCUT2D eigenvalue weighted by atomic mass is 127. The lowest BCUT2D eigenvalue weighted by molar-refractivity contribution is -0.106. The van der Waals surface area contributed by atoms with E-state index in [1.807, 2.05) is 30.1 Å². The predicted octanol–water partition coefficient (Wildman–Crippen LogP) is 5.86. The summed E-state index contributed by atoms with van der Waals surface area (Å²) in [7, 11) is 3.55. The van der Waals surface area contributed by atoms with E-state index < -0.39 is 0 Å². The van der Waals surface area contributed by atoms with Crippen molar-refractivity contribution in [2.75, 3.05) is 12.4 Å². The highest BCUT2D eigenvalue weighted by Gasteiger charge is 2.20. The molecule has 0 aliphatic heterocycles. The van der Waals surface area contributed by atoms with Gasteiger partial charge in [-0.05, 0) is 40.8 Å². The molecule has 2 aromatic rings. The van der Waals surface area contributed by atoms with Crippen LogP contribution in [0.3, 0.4) is 0 Å². The van der Waals surface area contributed by atoms with E-state index in [0.29, 0.717) is 0 Å². The van der Waals surface area contributed by atoms with Gasteiger partial charge >= 0.3 is 0 Å². The van der Waals surface area contributed by atoms with Crippen LogP contribution >= 0.6 is 56.2 Å². The smallest absolute Gasteiger partial charge is 0.183 e. The van der Waals surface area contributed by atoms with Crippen LogP contribution in [0.5, 0.6) is 0 Å². The SMILES string of the molecule is CC=O.CNc1nc2cc(C(C)(C)C)c(SSOI)cc2s1. The minimum Gasteiger partial charge on any atom is -0.365 e. The normalized spacial score (nSPS) is 11.0. The van der Waals surface area contributed by atoms with E-state index in [9.17, 15) is 0 Å². The van der Waals surface area contributed by atoms with E-state index in [-0.39, 0.29) is 5.41 Å². The van der Waals surface area contributed by atoms with Crippen molar-refractivity contribution in [1.29, 1.82) is 0 Å². The van der Waals surface area contributed by atoms with E-state index in [0.717, 1.165) is 16.9 Å². The van der Waals surface area contributed by atoms with E-state index >= 15 is 0 Å². The first-order chi connectivity index (χ1) is 10.4. The lowest BCUT2D eigenvalue weighted by atomic mass is 9.87. The van der Waals surface area contributed by atoms with E-state index in [1.54, 1.807) is 22.1 Å². The molecule has 4 nitrogen and oxygen atoms in total. The number of rotatable bonds is 4. The van der Waals surface area contributed by atoms with Gasteiger partial charge in [0, 0.05) is 11.9 Å². The van der Waals surface area contributed by atoms with Crippen molar-refractivity contribution in [2.24, 2.45) is 0 Å². The zero-order valence-corrected chi connectivity index (χ0v) is 17.7. The molecule has 0 aliphatic rings. The maximum absolute atomic E-state index is 8.81. The number of hydrogen-bond donors (Lipinski definition) is 1. The van der Waals surface area contributed by atoms with Crippen LogP contribution < -0.4 is 5.32 Å². The second-order valence-electron chi connectivity index (χ2n) is 5.29. The fraction of sp³-hybridized carbons (Fsp3) is 0.429. The number of carbonyl (C=O) groups is 1. The third kappa shape index (κ3) is 5.55. The number of nitrogens with zero attached hydrogens (tertiary/aromatic N) is 1. The molecule has 0 unspecified atom stereocenters. The van der Waals surface area contributed by atoms with Crippen molar-refractivity contribution in [3.63, 3.8) is 0 Å². The van der Waals surface area contributed by atoms with Crippen molar-refractivity contribution in [3.8, 4) is 0 Å². The van der Waals surface area contributed by atoms with Gasteiger partial charge in [0.05, 0.1) is 21.3 Å². The van der Waals surface area contributed by atoms with Gasteiger partial charge in [-0.1, -0.05) is 32.1 Å². The quantitative estimate of drug-likeness (QED) is 0.261. The van der Waals surface area contributed by atoms with Crippen LogP contribution in [0.2, 0.25) is 0 Å². The van der Waals surface area contributed by atoms with Crippen molar-refractivity contribution in [1.82, 2.24) is 4.98 Å². The van der Waals surface area contributed by atoms with Gasteiger partial charge in [-0.25, -0.2) is 7.50 Å². The number of anilines is 1. The molecule has 2 rings (SSSR count). The Labute approximate surface area is 157 Å². The van der Waals surface area contributed by atoms with E-state index in [1.165, 1.54) is 33.2 Å². The Kier molecular flexibility index (Phi) is 8.47. The number of halogens is 1. The molecule has 1 aromatic heterocycles. The maximum atomic E-state index is 8.81. The maximum Gasteiger partial charge on any atom is 0.183 e. The second kappa shape index (κ2) is 9.31. The zero-order chi connectivity index (χ0) is 16.8. The minimum absolute atomic E-state index is 0.0891. The van der Waals surface area contributed by atoms with Gasteiger partial charge in [0.2, 0.25) is 0 Å². The number of thiazole rings is 1. The molecule has 0 aliphatic carbocycles. The number of hydrogen-bond acceptors (Lipinski definition) is 7. The van der Waals surface area contributed by atoms with Crippen LogP contribution in [-0.2, 0) is 12.7 Å². The highest BCUT2D eigenvalue weighted by molar-refractivity contribution is 14.1. The molecule has 1 heterocycles. The van der Waals surface area contributed by atoms with Gasteiger partial charge in [0.1, 0.15) is 29.3 Å². The first-order valence-corrected chi connectivity index (χ1v) is 10.3. The molecule has 0 bridgehead atoms. The van der Waals surface area contributed by atoms with Crippen LogP contribution in [0, 0.1) is 0 Å². The molecule has 0 amide bonds. The summed E-state index contributed by atoms with van der Waals surface area (Å²) in [5, 5.41) is 4.06. The third-order valence-electron chi connectivity index (χ3n) is 2.66. The molecule has 0 radical (unpaired) electrons. The molecule has 1 aromatic carbocycles. The van der Waals surface area contributed by atoms with E-state index in [4.69, 9.17) is 7.31 Å². The summed E-state index contributed by atoms with van der Waals surface area (Å²) in [5.74, 6) is 0. The molecular weight excluding hydrogens is 451 g/mol. The van der Waals surface area contributed by atoms with Crippen LogP contribution in [0.4, 0.5) is 5.13 Å². The van der Waals surface area contributed by atoms with Crippen molar-refractivity contribution in [2.45, 2.75) is 38.0 Å². The zero-order valence-electron chi connectivity index (χ0n) is 13.1. The Morgan fingerprint density at radius 3 is 2.55 bits per heavy atom. The average molecular weight is 470 g/mol. The molecule has 0 fully saturated rings. The van der Waals surface area contributed by atoms with Crippen LogP contribution in [-0.4, -0.2) is 18.3 Å². The Hall–Kier alpha value is -0.0300. The summed E-state index contributed by atoms with van der Waals surface area (Å²) in [4.78, 5) is 14.6. The van der Waals surface area contributed by atoms with Gasteiger partial charge in [-0.15, -0.1) is 0 Å². The number of carbonyl (C=O) groups excluding carboxylic acids is 1. The highest BCUT2D eigenvalue weighted by Crippen LogP contribution is 2.43. The number of nitrogens with one attached hydrogen (secondary N) is 1. The third-order valence-corrected chi connectivity index (χ3v) is 6.55. The molecule has 22 heavy (non-hydrogen) atoms. The lowest BCUT2D eigenvalue weighted by Gasteiger charge is -2.22. The topological polar surface area (TPSA) is 51.2 Å². The summed E-state index contributed by atoms with van der Waals surface area (Å²) < 4.78 is 6.28. The molecule has 0 saturated heterocycles. The predicted molar refractivity (Wildman–Crippen MR) is 108 cm³/mol. The molecular formula is C14H19IN2O2S3. The molecule has 0 saturated carbocycles. The lowest BCUT2D eigenvalue weighted by Crippen LogP contribution is -2.12. The fourth-order valence-corrected chi connectivity index (χ4v) is 4.77. The summed E-state index contributed by atoms with van der Waals surface area (Å²) in [6.45, 7) is 8.11. The van der Waals surface area contributed by atoms with Crippen molar-refractivity contribution in [3.05, 3.63) is 17.7 Å². The van der Waals surface area contributed by atoms with Gasteiger partial charge in [-0.3, -0.25) is 0 Å². The Bertz CT molecular complexity index is 626. The number of fused-ring (bicyclic) bond motifs is 1. The average Bonchev–Trinajstić information content (AvgIpc) is 2.86. The molecule has 8 heteroatoms. The molecule has 122 valence electrons. The Balaban J connectivity index is 0.000000745. The molecule has 1 N–H and O–H groups in total. The van der Waals surface area contributed by atoms with Gasteiger partial charge in [-0.2, -0.15) is 0 Å². The second-order valence-corrected chi connectivity index (χ2v) is 9.17. The first kappa shape index (κ1) is 20.0. The molecule has 0 atom stereocenters. The largest absolute Gasteiger partial charge is 0.365 e. The van der Waals surface area contributed by atoms with Crippen molar-refractivity contribution < 1.29 is 7.31 Å². The van der Waals surface area contributed by atoms with Crippen molar-refractivity contribution >= 4 is 77.8 Å². The molecule has 0 spiro atoms.